The molecular formula is C17H28N2O3S. The van der Waals surface area contributed by atoms with Crippen LogP contribution in [0.25, 0.3) is 0 Å². The van der Waals surface area contributed by atoms with Gasteiger partial charge in [0.1, 0.15) is 9.84 Å². The molecule has 23 heavy (non-hydrogen) atoms. The molecule has 1 aromatic carbocycles. The van der Waals surface area contributed by atoms with E-state index in [-0.39, 0.29) is 17.7 Å². The number of para-hydroxylation sites is 1. The SMILES string of the molecule is CC(C)c1ccccc1NC(=O)C(C)N(C)CCCS(C)(=O)=O. The van der Waals surface area contributed by atoms with Crippen LogP contribution in [-0.4, -0.2) is 50.9 Å². The fraction of sp³-hybridized carbons (Fsp3) is 0.588. The van der Waals surface area contributed by atoms with Gasteiger partial charge < -0.3 is 5.32 Å². The summed E-state index contributed by atoms with van der Waals surface area (Å²) in [6.45, 7) is 6.57. The highest BCUT2D eigenvalue weighted by molar-refractivity contribution is 7.90. The Bertz CT molecular complexity index is 626. The zero-order valence-electron chi connectivity index (χ0n) is 14.7. The number of rotatable bonds is 8. The Morgan fingerprint density at radius 2 is 1.83 bits per heavy atom. The smallest absolute Gasteiger partial charge is 0.241 e. The van der Waals surface area contributed by atoms with E-state index in [2.05, 4.69) is 19.2 Å². The van der Waals surface area contributed by atoms with Gasteiger partial charge in [0.2, 0.25) is 5.91 Å². The van der Waals surface area contributed by atoms with Gasteiger partial charge in [0, 0.05) is 11.9 Å². The molecule has 0 saturated carbocycles. The van der Waals surface area contributed by atoms with E-state index < -0.39 is 9.84 Å². The van der Waals surface area contributed by atoms with Crippen LogP contribution in [0.1, 0.15) is 38.7 Å². The van der Waals surface area contributed by atoms with Crippen molar-refractivity contribution in [3.05, 3.63) is 29.8 Å². The third-order valence-corrected chi connectivity index (χ3v) is 4.94. The molecule has 0 fully saturated rings. The normalized spacial score (nSPS) is 13.3. The summed E-state index contributed by atoms with van der Waals surface area (Å²) in [6, 6.07) is 7.47. The molecule has 1 aromatic rings. The van der Waals surface area contributed by atoms with Gasteiger partial charge in [-0.25, -0.2) is 8.42 Å². The van der Waals surface area contributed by atoms with Gasteiger partial charge in [0.15, 0.2) is 0 Å². The van der Waals surface area contributed by atoms with Gasteiger partial charge in [-0.2, -0.15) is 0 Å². The number of benzene rings is 1. The predicted octanol–water partition coefficient (Wildman–Crippen LogP) is 2.50. The number of anilines is 1. The average Bonchev–Trinajstić information content (AvgIpc) is 2.45. The maximum Gasteiger partial charge on any atom is 0.241 e. The van der Waals surface area contributed by atoms with Gasteiger partial charge >= 0.3 is 0 Å². The lowest BCUT2D eigenvalue weighted by molar-refractivity contribution is -0.120. The van der Waals surface area contributed by atoms with Gasteiger partial charge in [0.05, 0.1) is 11.8 Å². The first kappa shape index (κ1) is 19.6. The zero-order valence-corrected chi connectivity index (χ0v) is 15.5. The molecule has 0 aromatic heterocycles. The third kappa shape index (κ3) is 6.71. The number of hydrogen-bond acceptors (Lipinski definition) is 4. The minimum absolute atomic E-state index is 0.0834. The molecule has 130 valence electrons. The molecule has 0 aliphatic rings. The van der Waals surface area contributed by atoms with E-state index in [1.54, 1.807) is 0 Å². The first-order valence-corrected chi connectivity index (χ1v) is 9.95. The van der Waals surface area contributed by atoms with Crippen molar-refractivity contribution in [1.82, 2.24) is 4.90 Å². The van der Waals surface area contributed by atoms with Crippen LogP contribution in [0.2, 0.25) is 0 Å². The molecule has 0 spiro atoms. The molecule has 1 atom stereocenters. The number of carbonyl (C=O) groups is 1. The second-order valence-corrected chi connectivity index (χ2v) is 8.63. The molecular weight excluding hydrogens is 312 g/mol. The van der Waals surface area contributed by atoms with Crippen molar-refractivity contribution in [3.8, 4) is 0 Å². The van der Waals surface area contributed by atoms with Crippen LogP contribution >= 0.6 is 0 Å². The molecule has 1 amide bonds. The number of nitrogens with zero attached hydrogens (tertiary/aromatic N) is 1. The van der Waals surface area contributed by atoms with Crippen LogP contribution in [0, 0.1) is 0 Å². The molecule has 0 aliphatic carbocycles. The topological polar surface area (TPSA) is 66.5 Å². The van der Waals surface area contributed by atoms with Gasteiger partial charge in [-0.05, 0) is 44.5 Å². The molecule has 1 unspecified atom stereocenters. The lowest BCUT2D eigenvalue weighted by Crippen LogP contribution is -2.40. The van der Waals surface area contributed by atoms with Gasteiger partial charge in [-0.3, -0.25) is 9.69 Å². The molecule has 1 rings (SSSR count). The van der Waals surface area contributed by atoms with E-state index in [0.29, 0.717) is 18.9 Å². The second-order valence-electron chi connectivity index (χ2n) is 6.37. The second kappa shape index (κ2) is 8.45. The minimum atomic E-state index is -2.96. The summed E-state index contributed by atoms with van der Waals surface area (Å²) >= 11 is 0. The Balaban J connectivity index is 2.63. The highest BCUT2D eigenvalue weighted by atomic mass is 32.2. The van der Waals surface area contributed by atoms with Crippen molar-refractivity contribution in [1.29, 1.82) is 0 Å². The van der Waals surface area contributed by atoms with Gasteiger partial charge in [-0.15, -0.1) is 0 Å². The zero-order chi connectivity index (χ0) is 17.6. The van der Waals surface area contributed by atoms with E-state index in [1.165, 1.54) is 6.26 Å². The maximum atomic E-state index is 12.4. The molecule has 6 heteroatoms. The summed E-state index contributed by atoms with van der Waals surface area (Å²) in [6.07, 6.45) is 1.75. The lowest BCUT2D eigenvalue weighted by atomic mass is 10.0. The Kier molecular flexibility index (Phi) is 7.22. The Morgan fingerprint density at radius 3 is 2.39 bits per heavy atom. The molecule has 0 radical (unpaired) electrons. The van der Waals surface area contributed by atoms with Crippen molar-refractivity contribution < 1.29 is 13.2 Å². The number of hydrogen-bond donors (Lipinski definition) is 1. The van der Waals surface area contributed by atoms with E-state index in [1.807, 2.05) is 43.1 Å². The van der Waals surface area contributed by atoms with Crippen LogP contribution < -0.4 is 5.32 Å². The average molecular weight is 340 g/mol. The van der Waals surface area contributed by atoms with E-state index >= 15 is 0 Å². The fourth-order valence-electron chi connectivity index (χ4n) is 2.32. The Hall–Kier alpha value is -1.40. The first-order valence-electron chi connectivity index (χ1n) is 7.89. The number of carbonyl (C=O) groups excluding carboxylic acids is 1. The van der Waals surface area contributed by atoms with Gasteiger partial charge in [0.25, 0.3) is 0 Å². The number of likely N-dealkylation sites (N-methyl/N-ethyl adjacent to an activating group) is 1. The molecule has 0 heterocycles. The summed E-state index contributed by atoms with van der Waals surface area (Å²) in [5.74, 6) is 0.385. The first-order chi connectivity index (χ1) is 10.6. The molecule has 5 nitrogen and oxygen atoms in total. The quantitative estimate of drug-likeness (QED) is 0.789. The highest BCUT2D eigenvalue weighted by Crippen LogP contribution is 2.23. The monoisotopic (exact) mass is 340 g/mol. The molecule has 0 saturated heterocycles. The summed E-state index contributed by atoms with van der Waals surface area (Å²) in [5.41, 5.74) is 1.94. The number of amides is 1. The van der Waals surface area contributed by atoms with Crippen LogP contribution in [0.5, 0.6) is 0 Å². The highest BCUT2D eigenvalue weighted by Gasteiger charge is 2.19. The Labute approximate surface area is 140 Å². The number of sulfone groups is 1. The molecule has 1 N–H and O–H groups in total. The van der Waals surface area contributed by atoms with E-state index in [4.69, 9.17) is 0 Å². The number of nitrogens with one attached hydrogen (secondary N) is 1. The van der Waals surface area contributed by atoms with Crippen LogP contribution in [0.3, 0.4) is 0 Å². The van der Waals surface area contributed by atoms with Crippen LogP contribution in [0.15, 0.2) is 24.3 Å². The van der Waals surface area contributed by atoms with E-state index in [0.717, 1.165) is 11.3 Å². The van der Waals surface area contributed by atoms with Crippen molar-refractivity contribution >= 4 is 21.4 Å². The minimum Gasteiger partial charge on any atom is -0.324 e. The van der Waals surface area contributed by atoms with E-state index in [9.17, 15) is 13.2 Å². The summed E-state index contributed by atoms with van der Waals surface area (Å²) < 4.78 is 22.3. The van der Waals surface area contributed by atoms with Crippen molar-refractivity contribution in [2.24, 2.45) is 0 Å². The van der Waals surface area contributed by atoms with Crippen molar-refractivity contribution in [2.45, 2.75) is 39.2 Å². The summed E-state index contributed by atoms with van der Waals surface area (Å²) in [7, 11) is -1.12. The lowest BCUT2D eigenvalue weighted by Gasteiger charge is -2.24. The van der Waals surface area contributed by atoms with Gasteiger partial charge in [-0.1, -0.05) is 32.0 Å². The predicted molar refractivity (Wildman–Crippen MR) is 95.6 cm³/mol. The maximum absolute atomic E-state index is 12.4. The third-order valence-electron chi connectivity index (χ3n) is 3.91. The largest absolute Gasteiger partial charge is 0.324 e. The summed E-state index contributed by atoms with van der Waals surface area (Å²) in [5, 5.41) is 2.98. The van der Waals surface area contributed by atoms with Crippen LogP contribution in [-0.2, 0) is 14.6 Å². The Morgan fingerprint density at radius 1 is 1.22 bits per heavy atom. The standard InChI is InChI=1S/C17H28N2O3S/c1-13(2)15-9-6-7-10-16(15)18-17(20)14(3)19(4)11-8-12-23(5,21)22/h6-7,9-10,13-14H,8,11-12H2,1-5H3,(H,18,20). The van der Waals surface area contributed by atoms with Crippen LogP contribution in [0.4, 0.5) is 5.69 Å². The molecule has 0 bridgehead atoms. The summed E-state index contributed by atoms with van der Waals surface area (Å²) in [4.78, 5) is 14.3. The fourth-order valence-corrected chi connectivity index (χ4v) is 2.97. The van der Waals surface area contributed by atoms with Crippen molar-refractivity contribution in [3.63, 3.8) is 0 Å². The molecule has 0 aliphatic heterocycles. The van der Waals surface area contributed by atoms with Crippen molar-refractivity contribution in [2.75, 3.05) is 30.9 Å².